The molecule has 0 radical (unpaired) electrons. The molecule has 2 aliphatic heterocycles. The van der Waals surface area contributed by atoms with E-state index in [1.165, 1.54) is 12.5 Å². The number of halogens is 1. The summed E-state index contributed by atoms with van der Waals surface area (Å²) in [7, 11) is 0. The lowest BCUT2D eigenvalue weighted by Crippen LogP contribution is -2.47. The van der Waals surface area contributed by atoms with Gasteiger partial charge in [0.2, 0.25) is 5.43 Å². The Labute approximate surface area is 191 Å². The molecule has 11 nitrogen and oxygen atoms in total. The first-order valence-corrected chi connectivity index (χ1v) is 10.9. The highest BCUT2D eigenvalue weighted by Gasteiger charge is 2.31. The van der Waals surface area contributed by atoms with E-state index in [4.69, 9.17) is 4.74 Å². The Kier molecular flexibility index (Phi) is 4.44. The van der Waals surface area contributed by atoms with Crippen LogP contribution in [0.1, 0.15) is 23.3 Å². The van der Waals surface area contributed by atoms with Crippen LogP contribution in [-0.2, 0) is 0 Å². The summed E-state index contributed by atoms with van der Waals surface area (Å²) in [6.45, 7) is 4.22. The number of aromatic carboxylic acids is 1. The van der Waals surface area contributed by atoms with Crippen LogP contribution in [0.4, 0.5) is 15.9 Å². The first kappa shape index (κ1) is 20.4. The maximum atomic E-state index is 15.4. The van der Waals surface area contributed by atoms with Crippen molar-refractivity contribution in [1.29, 1.82) is 0 Å². The second-order valence-corrected chi connectivity index (χ2v) is 8.45. The fraction of sp³-hybridized carbons (Fsp3) is 0.318. The third-order valence-corrected chi connectivity index (χ3v) is 6.47. The number of fused-ring (bicyclic) bond motifs is 1. The van der Waals surface area contributed by atoms with Crippen molar-refractivity contribution >= 4 is 39.5 Å². The van der Waals surface area contributed by atoms with Crippen molar-refractivity contribution in [2.45, 2.75) is 13.0 Å². The van der Waals surface area contributed by atoms with Gasteiger partial charge in [-0.1, -0.05) is 0 Å². The maximum absolute atomic E-state index is 15.4. The highest BCUT2D eigenvalue weighted by Crippen LogP contribution is 2.42. The van der Waals surface area contributed by atoms with Gasteiger partial charge in [-0.3, -0.25) is 4.79 Å². The van der Waals surface area contributed by atoms with Crippen LogP contribution in [0, 0.1) is 5.82 Å². The summed E-state index contributed by atoms with van der Waals surface area (Å²) < 4.78 is 23.1. The number of carbonyl (C=O) groups is 1. The summed E-state index contributed by atoms with van der Waals surface area (Å²) in [5.74, 6) is -0.946. The average Bonchev–Trinajstić information content (AvgIpc) is 3.31. The molecule has 0 aliphatic carbocycles. The zero-order valence-corrected chi connectivity index (χ0v) is 18.2. The molecule has 2 N–H and O–H groups in total. The number of pyridine rings is 1. The first-order valence-electron chi connectivity index (χ1n) is 10.9. The van der Waals surface area contributed by atoms with Gasteiger partial charge >= 0.3 is 5.97 Å². The number of piperazine rings is 1. The molecule has 0 saturated carbocycles. The number of aromatic amines is 1. The second-order valence-electron chi connectivity index (χ2n) is 8.45. The van der Waals surface area contributed by atoms with Crippen LogP contribution < -0.4 is 20.0 Å². The number of carboxylic acids is 1. The standard InChI is InChI=1S/C22H20FN7O4/c1-11-8-34-19-16-12(18(31)13(22(32)33)7-30(11)16)6-14(23)17(19)28-2-4-29(5-3-28)21-15-20(25-9-24-15)26-10-27-21/h6-7,9-11H,2-5,8H2,1H3,(H,32,33)(H,24,25,26,27)/t11-/m0/s1. The van der Waals surface area contributed by atoms with Crippen LogP contribution in [-0.4, -0.2) is 68.4 Å². The molecular weight excluding hydrogens is 445 g/mol. The number of hydrogen-bond donors (Lipinski definition) is 2. The van der Waals surface area contributed by atoms with Crippen molar-refractivity contribution in [3.63, 3.8) is 0 Å². The fourth-order valence-corrected chi connectivity index (χ4v) is 4.79. The van der Waals surface area contributed by atoms with E-state index in [2.05, 4.69) is 24.8 Å². The number of imidazole rings is 1. The first-order chi connectivity index (χ1) is 16.4. The molecule has 34 heavy (non-hydrogen) atoms. The maximum Gasteiger partial charge on any atom is 0.341 e. The van der Waals surface area contributed by atoms with E-state index >= 15 is 4.39 Å². The minimum Gasteiger partial charge on any atom is -0.487 e. The lowest BCUT2D eigenvalue weighted by Gasteiger charge is -2.38. The largest absolute Gasteiger partial charge is 0.487 e. The Morgan fingerprint density at radius 2 is 1.97 bits per heavy atom. The van der Waals surface area contributed by atoms with Crippen LogP contribution in [0.25, 0.3) is 22.1 Å². The number of H-pyrrole nitrogens is 1. The Balaban J connectivity index is 1.40. The minimum absolute atomic E-state index is 0.00367. The molecule has 174 valence electrons. The van der Waals surface area contributed by atoms with E-state index in [0.29, 0.717) is 37.3 Å². The summed E-state index contributed by atoms with van der Waals surface area (Å²) in [6, 6.07) is 0.921. The van der Waals surface area contributed by atoms with Gasteiger partial charge in [-0.15, -0.1) is 0 Å². The molecule has 5 heterocycles. The van der Waals surface area contributed by atoms with Gasteiger partial charge in [-0.25, -0.2) is 24.1 Å². The number of carboxylic acid groups (broad SMARTS) is 1. The van der Waals surface area contributed by atoms with Crippen molar-refractivity contribution in [2.24, 2.45) is 0 Å². The molecule has 1 fully saturated rings. The third-order valence-electron chi connectivity index (χ3n) is 6.47. The van der Waals surface area contributed by atoms with Gasteiger partial charge in [0, 0.05) is 32.4 Å². The molecule has 0 bridgehead atoms. The van der Waals surface area contributed by atoms with Crippen LogP contribution in [0.15, 0.2) is 29.7 Å². The topological polar surface area (TPSA) is 129 Å². The van der Waals surface area contributed by atoms with Gasteiger partial charge in [0.25, 0.3) is 0 Å². The molecule has 1 aromatic carbocycles. The number of anilines is 2. The smallest absolute Gasteiger partial charge is 0.341 e. The van der Waals surface area contributed by atoms with Gasteiger partial charge in [0.05, 0.1) is 23.3 Å². The fourth-order valence-electron chi connectivity index (χ4n) is 4.79. The number of nitrogens with zero attached hydrogens (tertiary/aromatic N) is 6. The minimum atomic E-state index is -1.34. The van der Waals surface area contributed by atoms with Crippen LogP contribution >= 0.6 is 0 Å². The molecule has 6 rings (SSSR count). The van der Waals surface area contributed by atoms with E-state index in [-0.39, 0.29) is 35.0 Å². The molecule has 12 heteroatoms. The van der Waals surface area contributed by atoms with Crippen molar-refractivity contribution in [3.8, 4) is 5.75 Å². The van der Waals surface area contributed by atoms with E-state index in [1.54, 1.807) is 10.9 Å². The highest BCUT2D eigenvalue weighted by molar-refractivity contribution is 5.97. The number of rotatable bonds is 3. The van der Waals surface area contributed by atoms with Crippen molar-refractivity contribution < 1.29 is 19.0 Å². The van der Waals surface area contributed by atoms with Crippen LogP contribution in [0.2, 0.25) is 0 Å². The van der Waals surface area contributed by atoms with E-state index in [0.717, 1.165) is 17.4 Å². The molecule has 4 aromatic rings. The number of benzene rings is 1. The molecule has 0 spiro atoms. The zero-order valence-electron chi connectivity index (χ0n) is 18.2. The third kappa shape index (κ3) is 2.91. The van der Waals surface area contributed by atoms with E-state index in [1.807, 2.05) is 11.8 Å². The van der Waals surface area contributed by atoms with E-state index in [9.17, 15) is 14.7 Å². The summed E-state index contributed by atoms with van der Waals surface area (Å²) in [5, 5.41) is 9.45. The summed E-state index contributed by atoms with van der Waals surface area (Å²) in [6.07, 6.45) is 4.37. The number of aromatic nitrogens is 5. The van der Waals surface area contributed by atoms with Crippen LogP contribution in [0.5, 0.6) is 5.75 Å². The van der Waals surface area contributed by atoms with Crippen molar-refractivity contribution in [1.82, 2.24) is 24.5 Å². The molecule has 1 atom stereocenters. The number of nitrogens with one attached hydrogen (secondary N) is 1. The monoisotopic (exact) mass is 465 g/mol. The van der Waals surface area contributed by atoms with Crippen molar-refractivity contribution in [2.75, 3.05) is 42.6 Å². The van der Waals surface area contributed by atoms with Gasteiger partial charge in [-0.05, 0) is 13.0 Å². The Bertz CT molecular complexity index is 1520. The number of hydrogen-bond acceptors (Lipinski definition) is 8. The van der Waals surface area contributed by atoms with Gasteiger partial charge in [-0.2, -0.15) is 0 Å². The normalized spacial score (nSPS) is 17.9. The average molecular weight is 465 g/mol. The Hall–Kier alpha value is -4.22. The Morgan fingerprint density at radius 1 is 1.21 bits per heavy atom. The quantitative estimate of drug-likeness (QED) is 0.465. The molecule has 0 unspecified atom stereocenters. The summed E-state index contributed by atoms with van der Waals surface area (Å²) in [4.78, 5) is 44.1. The Morgan fingerprint density at radius 3 is 2.74 bits per heavy atom. The van der Waals surface area contributed by atoms with Gasteiger partial charge in [0.1, 0.15) is 29.7 Å². The predicted octanol–water partition coefficient (Wildman–Crippen LogP) is 1.79. The highest BCUT2D eigenvalue weighted by atomic mass is 19.1. The summed E-state index contributed by atoms with van der Waals surface area (Å²) >= 11 is 0. The van der Waals surface area contributed by atoms with Gasteiger partial charge < -0.3 is 29.2 Å². The van der Waals surface area contributed by atoms with Crippen molar-refractivity contribution in [3.05, 3.63) is 46.5 Å². The van der Waals surface area contributed by atoms with Crippen LogP contribution in [0.3, 0.4) is 0 Å². The zero-order chi connectivity index (χ0) is 23.6. The van der Waals surface area contributed by atoms with Gasteiger partial charge in [0.15, 0.2) is 23.0 Å². The molecule has 1 saturated heterocycles. The summed E-state index contributed by atoms with van der Waals surface area (Å²) in [5.41, 5.74) is 0.924. The molecule has 2 aliphatic rings. The molecule has 3 aromatic heterocycles. The lowest BCUT2D eigenvalue weighted by atomic mass is 10.1. The predicted molar refractivity (Wildman–Crippen MR) is 121 cm³/mol. The van der Waals surface area contributed by atoms with E-state index < -0.39 is 17.2 Å². The molecule has 0 amide bonds. The second kappa shape index (κ2) is 7.40. The SMILES string of the molecule is C[C@H]1COc2c(N3CCN(c4ncnc5nc[nH]c45)CC3)c(F)cc3c(=O)c(C(=O)O)cn1c23. The molecular formula is C22H20FN7O4. The lowest BCUT2D eigenvalue weighted by molar-refractivity contribution is 0.0694. The number of ether oxygens (including phenoxy) is 1.